The third-order valence-corrected chi connectivity index (χ3v) is 5.08. The second-order valence-corrected chi connectivity index (χ2v) is 7.72. The molecule has 2 atom stereocenters. The van der Waals surface area contributed by atoms with Crippen LogP contribution in [0.4, 0.5) is 14.9 Å². The van der Waals surface area contributed by atoms with Crippen molar-refractivity contribution in [2.45, 2.75) is 25.9 Å². The number of nitrogens with zero attached hydrogens (tertiary/aromatic N) is 2. The molecule has 4 amide bonds. The number of nitrogens with one attached hydrogen (secondary N) is 2. The lowest BCUT2D eigenvalue weighted by Gasteiger charge is -2.27. The first-order valence-corrected chi connectivity index (χ1v) is 10.2. The lowest BCUT2D eigenvalue weighted by molar-refractivity contribution is -0.135. The van der Waals surface area contributed by atoms with Crippen LogP contribution in [-0.4, -0.2) is 47.1 Å². The molecule has 1 saturated heterocycles. The fraction of sp³-hybridized carbons (Fsp3) is 0.304. The van der Waals surface area contributed by atoms with Crippen LogP contribution in [0, 0.1) is 23.1 Å². The van der Waals surface area contributed by atoms with Crippen LogP contribution in [0.1, 0.15) is 31.0 Å². The molecule has 1 aliphatic heterocycles. The van der Waals surface area contributed by atoms with Crippen molar-refractivity contribution in [1.82, 2.24) is 10.2 Å². The maximum Gasteiger partial charge on any atom is 0.325 e. The van der Waals surface area contributed by atoms with Gasteiger partial charge in [0.2, 0.25) is 5.91 Å². The Morgan fingerprint density at radius 2 is 1.97 bits per heavy atom. The zero-order valence-electron chi connectivity index (χ0n) is 18.0. The van der Waals surface area contributed by atoms with Gasteiger partial charge in [-0.25, -0.2) is 14.1 Å². The summed E-state index contributed by atoms with van der Waals surface area (Å²) in [6, 6.07) is 8.88. The summed E-state index contributed by atoms with van der Waals surface area (Å²) in [4.78, 5) is 39.6. The second kappa shape index (κ2) is 10.1. The molecule has 1 heterocycles. The number of rotatable bonds is 8. The number of ether oxygens (including phenoxy) is 1. The number of halogens is 1. The van der Waals surface area contributed by atoms with Gasteiger partial charge in [-0.05, 0) is 41.8 Å². The summed E-state index contributed by atoms with van der Waals surface area (Å²) in [7, 11) is 0. The first-order valence-electron chi connectivity index (χ1n) is 10.2. The van der Waals surface area contributed by atoms with Gasteiger partial charge in [-0.15, -0.1) is 0 Å². The van der Waals surface area contributed by atoms with E-state index in [0.717, 1.165) is 11.0 Å². The van der Waals surface area contributed by atoms with Crippen LogP contribution in [0.15, 0.2) is 42.5 Å². The Balaban J connectivity index is 1.80. The number of amides is 4. The van der Waals surface area contributed by atoms with Crippen molar-refractivity contribution in [2.75, 3.05) is 18.5 Å². The Bertz CT molecular complexity index is 1100. The Morgan fingerprint density at radius 3 is 2.55 bits per heavy atom. The van der Waals surface area contributed by atoms with E-state index in [-0.39, 0.29) is 24.5 Å². The average Bonchev–Trinajstić information content (AvgIpc) is 3.08. The van der Waals surface area contributed by atoms with Crippen LogP contribution >= 0.6 is 0 Å². The number of carbonyl (C=O) groups is 3. The summed E-state index contributed by atoms with van der Waals surface area (Å²) in [6.07, 6.45) is 0. The van der Waals surface area contributed by atoms with Gasteiger partial charge in [0.1, 0.15) is 30.3 Å². The van der Waals surface area contributed by atoms with Gasteiger partial charge < -0.3 is 20.5 Å². The number of urea groups is 1. The second-order valence-electron chi connectivity index (χ2n) is 7.72. The van der Waals surface area contributed by atoms with Crippen LogP contribution in [0.5, 0.6) is 5.75 Å². The highest BCUT2D eigenvalue weighted by Crippen LogP contribution is 2.28. The monoisotopic (exact) mass is 454 g/mol. The fourth-order valence-electron chi connectivity index (χ4n) is 3.51. The fourth-order valence-corrected chi connectivity index (χ4v) is 3.51. The quantitative estimate of drug-likeness (QED) is 0.525. The van der Waals surface area contributed by atoms with Crippen molar-refractivity contribution < 1.29 is 28.6 Å². The minimum atomic E-state index is -1.19. The topological polar surface area (TPSA) is 132 Å². The first-order chi connectivity index (χ1) is 15.8. The first kappa shape index (κ1) is 23.7. The summed E-state index contributed by atoms with van der Waals surface area (Å²) >= 11 is 0. The predicted molar refractivity (Wildman–Crippen MR) is 116 cm³/mol. The van der Waals surface area contributed by atoms with E-state index in [4.69, 9.17) is 15.1 Å². The molecule has 1 fully saturated rings. The van der Waals surface area contributed by atoms with Crippen LogP contribution in [0.25, 0.3) is 0 Å². The highest BCUT2D eigenvalue weighted by Gasteiger charge is 2.46. The van der Waals surface area contributed by atoms with Gasteiger partial charge in [0.15, 0.2) is 0 Å². The van der Waals surface area contributed by atoms with E-state index >= 15 is 0 Å². The number of imide groups is 1. The van der Waals surface area contributed by atoms with E-state index in [1.165, 1.54) is 12.1 Å². The van der Waals surface area contributed by atoms with E-state index in [2.05, 4.69) is 10.6 Å². The van der Waals surface area contributed by atoms with Gasteiger partial charge in [-0.3, -0.25) is 9.59 Å². The standard InChI is InChI=1S/C23H23FN4O5/c1-13(2)20(21(30)26-18-8-3-14(12-25)11-17(18)24)28-22(31)19(27-23(28)32)15-4-6-16(7-5-15)33-10-9-29/h3-8,11,13,19-20,29H,9-10H2,1-2H3,(H,26,30)(H,27,32)/t19-,20+/m1/s1. The predicted octanol–water partition coefficient (Wildman–Crippen LogP) is 2.32. The minimum Gasteiger partial charge on any atom is -0.491 e. The Kier molecular flexibility index (Phi) is 7.25. The minimum absolute atomic E-state index is 0.0932. The molecule has 1 aliphatic rings. The maximum atomic E-state index is 14.2. The number of hydrogen-bond donors (Lipinski definition) is 3. The van der Waals surface area contributed by atoms with Crippen molar-refractivity contribution in [1.29, 1.82) is 5.26 Å². The third kappa shape index (κ3) is 5.10. The SMILES string of the molecule is CC(C)[C@@H](C(=O)Nc1ccc(C#N)cc1F)N1C(=O)N[C@H](c2ccc(OCCO)cc2)C1=O. The largest absolute Gasteiger partial charge is 0.491 e. The van der Waals surface area contributed by atoms with Crippen molar-refractivity contribution in [2.24, 2.45) is 5.92 Å². The zero-order chi connectivity index (χ0) is 24.1. The smallest absolute Gasteiger partial charge is 0.325 e. The molecule has 10 heteroatoms. The molecule has 3 rings (SSSR count). The van der Waals surface area contributed by atoms with Gasteiger partial charge in [-0.1, -0.05) is 26.0 Å². The lowest BCUT2D eigenvalue weighted by Crippen LogP contribution is -2.50. The van der Waals surface area contributed by atoms with Crippen LogP contribution in [-0.2, 0) is 9.59 Å². The lowest BCUT2D eigenvalue weighted by atomic mass is 10.00. The molecule has 0 aliphatic carbocycles. The number of hydrogen-bond acceptors (Lipinski definition) is 6. The van der Waals surface area contributed by atoms with Gasteiger partial charge in [0.05, 0.1) is 23.9 Å². The molecule has 0 unspecified atom stereocenters. The molecule has 172 valence electrons. The average molecular weight is 454 g/mol. The summed E-state index contributed by atoms with van der Waals surface area (Å²) in [6.45, 7) is 3.32. The third-order valence-electron chi connectivity index (χ3n) is 5.08. The van der Waals surface area contributed by atoms with Crippen molar-refractivity contribution in [3.05, 3.63) is 59.4 Å². The molecule has 33 heavy (non-hydrogen) atoms. The van der Waals surface area contributed by atoms with E-state index in [0.29, 0.717) is 11.3 Å². The Morgan fingerprint density at radius 1 is 1.27 bits per heavy atom. The highest BCUT2D eigenvalue weighted by atomic mass is 19.1. The number of carbonyl (C=O) groups excluding carboxylic acids is 3. The van der Waals surface area contributed by atoms with E-state index in [9.17, 15) is 18.8 Å². The van der Waals surface area contributed by atoms with Crippen molar-refractivity contribution in [3.63, 3.8) is 0 Å². The van der Waals surface area contributed by atoms with E-state index < -0.39 is 41.7 Å². The zero-order valence-corrected chi connectivity index (χ0v) is 18.0. The Labute approximate surface area is 189 Å². The number of anilines is 1. The molecular weight excluding hydrogens is 431 g/mol. The maximum absolute atomic E-state index is 14.2. The summed E-state index contributed by atoms with van der Waals surface area (Å²) in [5.74, 6) is -2.12. The number of benzene rings is 2. The van der Waals surface area contributed by atoms with Gasteiger partial charge in [0.25, 0.3) is 5.91 Å². The molecule has 9 nitrogen and oxygen atoms in total. The summed E-state index contributed by atoms with van der Waals surface area (Å²) in [5.41, 5.74) is 0.426. The molecule has 0 radical (unpaired) electrons. The van der Waals surface area contributed by atoms with Crippen LogP contribution < -0.4 is 15.4 Å². The van der Waals surface area contributed by atoms with Crippen molar-refractivity contribution in [3.8, 4) is 11.8 Å². The molecule has 0 aromatic heterocycles. The van der Waals surface area contributed by atoms with Crippen LogP contribution in [0.2, 0.25) is 0 Å². The summed E-state index contributed by atoms with van der Waals surface area (Å²) in [5, 5.41) is 22.7. The Hall–Kier alpha value is -3.97. The van der Waals surface area contributed by atoms with Gasteiger partial charge >= 0.3 is 6.03 Å². The molecule has 2 aromatic carbocycles. The molecule has 3 N–H and O–H groups in total. The highest BCUT2D eigenvalue weighted by molar-refractivity contribution is 6.09. The summed E-state index contributed by atoms with van der Waals surface area (Å²) < 4.78 is 19.5. The van der Waals surface area contributed by atoms with E-state index in [1.807, 2.05) is 0 Å². The molecular formula is C23H23FN4O5. The van der Waals surface area contributed by atoms with Gasteiger partial charge in [-0.2, -0.15) is 5.26 Å². The van der Waals surface area contributed by atoms with Crippen LogP contribution in [0.3, 0.4) is 0 Å². The molecule has 0 saturated carbocycles. The number of aliphatic hydroxyl groups is 1. The molecule has 0 bridgehead atoms. The normalized spacial score (nSPS) is 16.4. The van der Waals surface area contributed by atoms with E-state index in [1.54, 1.807) is 44.2 Å². The molecule has 0 spiro atoms. The number of nitriles is 1. The van der Waals surface area contributed by atoms with Gasteiger partial charge in [0, 0.05) is 0 Å². The number of aliphatic hydroxyl groups excluding tert-OH is 1. The molecule has 2 aromatic rings. The van der Waals surface area contributed by atoms with Crippen molar-refractivity contribution >= 4 is 23.5 Å².